The third kappa shape index (κ3) is 8.78. The van der Waals surface area contributed by atoms with Crippen molar-refractivity contribution < 1.29 is 58.8 Å². The van der Waals surface area contributed by atoms with Gasteiger partial charge in [0.05, 0.1) is 40.8 Å². The number of alkyl halides is 3. The van der Waals surface area contributed by atoms with Gasteiger partial charge in [0.2, 0.25) is 0 Å². The Morgan fingerprint density at radius 3 is 1.49 bits per heavy atom. The number of aromatic amines is 2. The summed E-state index contributed by atoms with van der Waals surface area (Å²) in [6.07, 6.45) is 4.62. The second-order valence-electron chi connectivity index (χ2n) is 16.1. The van der Waals surface area contributed by atoms with Crippen molar-refractivity contribution >= 4 is 67.1 Å². The van der Waals surface area contributed by atoms with Crippen LogP contribution in [0.4, 0.5) is 13.2 Å². The smallest absolute Gasteiger partial charge is 0.531 e. The second-order valence-corrected chi connectivity index (χ2v) is 20.1. The summed E-state index contributed by atoms with van der Waals surface area (Å²) in [5.41, 5.74) is 5.15. The van der Waals surface area contributed by atoms with Gasteiger partial charge in [-0.3, -0.25) is 0 Å². The summed E-state index contributed by atoms with van der Waals surface area (Å²) < 4.78 is 108. The zero-order valence-corrected chi connectivity index (χ0v) is 35.1. The van der Waals surface area contributed by atoms with Gasteiger partial charge in [0.1, 0.15) is 34.3 Å². The Bertz CT molecular complexity index is 2970. The highest BCUT2D eigenvalue weighted by Gasteiger charge is 2.41. The van der Waals surface area contributed by atoms with Crippen LogP contribution in [0.25, 0.3) is 33.2 Å². The number of halogens is 3. The Morgan fingerprint density at radius 2 is 1.10 bits per heavy atom. The molecule has 4 aromatic heterocycles. The summed E-state index contributed by atoms with van der Waals surface area (Å²) in [5.74, 6) is 4.76. The van der Waals surface area contributed by atoms with E-state index in [1.807, 2.05) is 18.3 Å². The van der Waals surface area contributed by atoms with Crippen LogP contribution < -0.4 is 18.8 Å². The summed E-state index contributed by atoms with van der Waals surface area (Å²) in [6.45, 7) is 0. The van der Waals surface area contributed by atoms with Gasteiger partial charge in [0.15, 0.2) is 19.7 Å². The number of rotatable bonds is 10. The molecule has 4 aliphatic rings. The molecule has 0 radical (unpaired) electrons. The molecule has 0 atom stereocenters. The van der Waals surface area contributed by atoms with Gasteiger partial charge < -0.3 is 38.8 Å². The number of hydrogen-bond donors (Lipinski definition) is 4. The number of sulfone groups is 2. The zero-order valence-electron chi connectivity index (χ0n) is 33.4. The number of nitrogens with zero attached hydrogens (tertiary/aromatic N) is 2. The molecule has 2 aliphatic carbocycles. The van der Waals surface area contributed by atoms with E-state index in [4.69, 9.17) is 14.0 Å². The van der Waals surface area contributed by atoms with Crippen LogP contribution in [0, 0.1) is 23.7 Å². The van der Waals surface area contributed by atoms with Crippen LogP contribution in [0.15, 0.2) is 107 Å². The van der Waals surface area contributed by atoms with E-state index in [2.05, 4.69) is 24.7 Å². The quantitative estimate of drug-likeness (QED) is 0.107. The van der Waals surface area contributed by atoms with Crippen molar-refractivity contribution in [3.63, 3.8) is 0 Å². The minimum absolute atomic E-state index is 0.0468. The summed E-state index contributed by atoms with van der Waals surface area (Å²) in [4.78, 5) is 15.0. The number of benzene rings is 2. The van der Waals surface area contributed by atoms with Gasteiger partial charge in [-0.2, -0.15) is 0 Å². The molecule has 2 fully saturated rings. The number of nitrogens with one attached hydrogen (secondary N) is 2. The Hall–Kier alpha value is -5.76. The lowest BCUT2D eigenvalue weighted by molar-refractivity contribution is -0.274. The molecule has 0 bridgehead atoms. The largest absolute Gasteiger partial charge is 0.573 e. The molecular weight excluding hydrogens is 863 g/mol. The van der Waals surface area contributed by atoms with Crippen molar-refractivity contribution in [1.82, 2.24) is 19.9 Å². The highest BCUT2D eigenvalue weighted by atomic mass is 32.2. The number of ether oxygens (including phenoxy) is 2. The van der Waals surface area contributed by atoms with E-state index in [0.717, 1.165) is 75.8 Å². The van der Waals surface area contributed by atoms with Crippen molar-refractivity contribution in [2.24, 2.45) is 23.7 Å². The summed E-state index contributed by atoms with van der Waals surface area (Å²) >= 11 is 0. The standard InChI is InChI=1S/C21H18BF3N2O5S.C21H21BN2O5S/c23-21(24,25)31-14-1-3-15(4-2-14)33(29,30)11-12-7-13(8-12)17-9-22(28)32-18-10-27-20-16(19(17)18)5-6-26-20;1-28-15-2-4-16(5-3-15)30(26,27)12-13-8-14(9-13)18-10-22(25)29-19-11-24-21-17(20(18)19)6-7-23-21/h1-6,9-10,12-13,28H,7-8,11H2,(H,26,27);2-7,10-11,13-14,25H,8-9,12H2,1H3,(H,23,24). The van der Waals surface area contributed by atoms with Crippen molar-refractivity contribution in [3.8, 4) is 23.0 Å². The lowest BCUT2D eigenvalue weighted by Crippen LogP contribution is -2.33. The van der Waals surface area contributed by atoms with E-state index < -0.39 is 46.0 Å². The molecule has 2 aliphatic heterocycles. The van der Waals surface area contributed by atoms with Gasteiger partial charge in [0, 0.05) is 34.3 Å². The highest BCUT2D eigenvalue weighted by Crippen LogP contribution is 2.50. The Morgan fingerprint density at radius 1 is 0.683 bits per heavy atom. The van der Waals surface area contributed by atoms with Crippen molar-refractivity contribution in [1.29, 1.82) is 0 Å². The Kier molecular flexibility index (Phi) is 11.1. The molecule has 6 heterocycles. The number of allylic oxidation sites excluding steroid dienone is 2. The molecule has 0 amide bonds. The SMILES string of the molecule is COc1ccc(S(=O)(=O)CC2CC(C3=CB(O)Oc4cnc5[nH]ccc5c43)C2)cc1.O=S(=O)(CC1CC(C2=CB(O)Oc3cnc4[nH]ccc4c32)C1)c1ccc(OC(F)(F)F)cc1. The fourth-order valence-electron chi connectivity index (χ4n) is 8.93. The predicted octanol–water partition coefficient (Wildman–Crippen LogP) is 6.62. The monoisotopic (exact) mass is 902 g/mol. The molecule has 14 nitrogen and oxygen atoms in total. The molecule has 6 aromatic rings. The van der Waals surface area contributed by atoms with Crippen LogP contribution in [0.5, 0.6) is 23.0 Å². The van der Waals surface area contributed by atoms with E-state index in [-0.39, 0.29) is 40.1 Å². The minimum atomic E-state index is -4.84. The van der Waals surface area contributed by atoms with Crippen LogP contribution in [0.3, 0.4) is 0 Å². The number of fused-ring (bicyclic) bond motifs is 6. The van der Waals surface area contributed by atoms with Gasteiger partial charge in [-0.1, -0.05) is 0 Å². The molecule has 326 valence electrons. The molecule has 0 spiro atoms. The fourth-order valence-corrected chi connectivity index (χ4v) is 12.2. The maximum Gasteiger partial charge on any atom is 0.573 e. The average Bonchev–Trinajstić information content (AvgIpc) is 3.90. The van der Waals surface area contributed by atoms with Gasteiger partial charge >= 0.3 is 20.6 Å². The maximum absolute atomic E-state index is 12.8. The number of hydrogen-bond acceptors (Lipinski definition) is 12. The van der Waals surface area contributed by atoms with E-state index in [9.17, 15) is 40.1 Å². The summed E-state index contributed by atoms with van der Waals surface area (Å²) in [7, 11) is -7.61. The first kappa shape index (κ1) is 42.5. The number of methoxy groups -OCH3 is 1. The van der Waals surface area contributed by atoms with Gasteiger partial charge in [0.25, 0.3) is 0 Å². The normalized spacial score (nSPS) is 20.7. The molecule has 63 heavy (non-hydrogen) atoms. The third-order valence-electron chi connectivity index (χ3n) is 11.9. The van der Waals surface area contributed by atoms with Gasteiger partial charge in [-0.05, 0) is 133 Å². The minimum Gasteiger partial charge on any atom is -0.531 e. The lowest BCUT2D eigenvalue weighted by Gasteiger charge is -2.38. The summed E-state index contributed by atoms with van der Waals surface area (Å²) in [6, 6.07) is 14.6. The van der Waals surface area contributed by atoms with Crippen LogP contribution in [-0.2, 0) is 19.7 Å². The maximum atomic E-state index is 12.8. The van der Waals surface area contributed by atoms with Crippen LogP contribution >= 0.6 is 0 Å². The molecule has 10 rings (SSSR count). The molecule has 0 saturated heterocycles. The van der Waals surface area contributed by atoms with Crippen molar-refractivity contribution in [2.75, 3.05) is 18.6 Å². The van der Waals surface area contributed by atoms with Crippen LogP contribution in [-0.4, -0.2) is 86.0 Å². The number of H-pyrrole nitrogens is 2. The molecular formula is C42H39B2F3N4O10S2. The van der Waals surface area contributed by atoms with E-state index in [1.165, 1.54) is 0 Å². The third-order valence-corrected chi connectivity index (χ3v) is 15.7. The topological polar surface area (TPSA) is 203 Å². The van der Waals surface area contributed by atoms with Crippen LogP contribution in [0.1, 0.15) is 36.8 Å². The predicted molar refractivity (Wildman–Crippen MR) is 228 cm³/mol. The van der Waals surface area contributed by atoms with Gasteiger partial charge in [-0.25, -0.2) is 26.8 Å². The Labute approximate surface area is 360 Å². The van der Waals surface area contributed by atoms with Crippen LogP contribution in [0.2, 0.25) is 0 Å². The van der Waals surface area contributed by atoms with Crippen molar-refractivity contribution in [3.05, 3.63) is 109 Å². The van der Waals surface area contributed by atoms with E-state index >= 15 is 0 Å². The highest BCUT2D eigenvalue weighted by molar-refractivity contribution is 7.91. The zero-order chi connectivity index (χ0) is 44.3. The molecule has 0 unspecified atom stereocenters. The van der Waals surface area contributed by atoms with E-state index in [0.29, 0.717) is 40.6 Å². The lowest BCUT2D eigenvalue weighted by atomic mass is 9.66. The molecule has 21 heteroatoms. The summed E-state index contributed by atoms with van der Waals surface area (Å²) in [5, 5.41) is 22.0. The Balaban J connectivity index is 0.000000161. The first-order chi connectivity index (χ1) is 30.0. The molecule has 4 N–H and O–H groups in total. The first-order valence-electron chi connectivity index (χ1n) is 20.0. The molecule has 2 saturated carbocycles. The van der Waals surface area contributed by atoms with Gasteiger partial charge in [-0.15, -0.1) is 13.2 Å². The number of aromatic nitrogens is 4. The molecule has 2 aromatic carbocycles. The van der Waals surface area contributed by atoms with E-state index in [1.54, 1.807) is 61.9 Å². The average molecular weight is 903 g/mol. The fraction of sp³-hybridized carbons (Fsp3) is 0.286. The second kappa shape index (κ2) is 16.4. The number of pyridine rings is 2. The first-order valence-corrected chi connectivity index (χ1v) is 23.3. The van der Waals surface area contributed by atoms with Crippen molar-refractivity contribution in [2.45, 2.75) is 41.8 Å².